The van der Waals surface area contributed by atoms with E-state index in [0.29, 0.717) is 13.1 Å². The molecule has 3 amide bonds. The molecule has 0 spiro atoms. The van der Waals surface area contributed by atoms with Crippen molar-refractivity contribution >= 4 is 41.1 Å². The van der Waals surface area contributed by atoms with Crippen LogP contribution in [0, 0.1) is 0 Å². The maximum atomic E-state index is 12.5. The first-order valence-electron chi connectivity index (χ1n) is 8.29. The second-order valence-electron chi connectivity index (χ2n) is 5.88. The van der Waals surface area contributed by atoms with Crippen LogP contribution in [0.25, 0.3) is 0 Å². The molecule has 1 aromatic carbocycles. The number of carbonyl (C=O) groups excluding carboxylic acids is 3. The second-order valence-corrected chi connectivity index (χ2v) is 6.69. The molecule has 0 aliphatic carbocycles. The third-order valence-corrected chi connectivity index (χ3v) is 4.71. The van der Waals surface area contributed by atoms with Crippen molar-refractivity contribution in [2.24, 2.45) is 0 Å². The summed E-state index contributed by atoms with van der Waals surface area (Å²) >= 11 is 12.0. The molecule has 142 valence electrons. The number of ether oxygens (including phenoxy) is 1. The van der Waals surface area contributed by atoms with Gasteiger partial charge in [0.25, 0.3) is 5.91 Å². The Bertz CT molecular complexity index is 658. The second kappa shape index (κ2) is 9.64. The zero-order chi connectivity index (χ0) is 19.1. The van der Waals surface area contributed by atoms with E-state index in [0.717, 1.165) is 19.3 Å². The van der Waals surface area contributed by atoms with Crippen molar-refractivity contribution in [2.45, 2.75) is 25.3 Å². The normalized spacial score (nSPS) is 15.1. The van der Waals surface area contributed by atoms with Crippen molar-refractivity contribution in [1.29, 1.82) is 0 Å². The van der Waals surface area contributed by atoms with Gasteiger partial charge >= 0.3 is 12.0 Å². The Morgan fingerprint density at radius 2 is 1.77 bits per heavy atom. The summed E-state index contributed by atoms with van der Waals surface area (Å²) in [5.41, 5.74) is 0.0621. The monoisotopic (exact) mass is 401 g/mol. The van der Waals surface area contributed by atoms with Gasteiger partial charge in [0.1, 0.15) is 6.04 Å². The summed E-state index contributed by atoms with van der Waals surface area (Å²) in [4.78, 5) is 38.3. The van der Waals surface area contributed by atoms with Crippen molar-refractivity contribution in [3.63, 3.8) is 0 Å². The van der Waals surface area contributed by atoms with Gasteiger partial charge in [0.2, 0.25) is 0 Å². The molecule has 1 aliphatic rings. The minimum Gasteiger partial charge on any atom is -0.467 e. The van der Waals surface area contributed by atoms with Gasteiger partial charge in [0.05, 0.1) is 29.3 Å². The lowest BCUT2D eigenvalue weighted by atomic mass is 10.1. The molecular formula is C17H21Cl2N3O4. The predicted octanol–water partition coefficient (Wildman–Crippen LogP) is 2.46. The smallest absolute Gasteiger partial charge is 0.330 e. The number of urea groups is 1. The number of amides is 3. The Morgan fingerprint density at radius 1 is 1.15 bits per heavy atom. The Morgan fingerprint density at radius 3 is 2.35 bits per heavy atom. The molecule has 2 rings (SSSR count). The van der Waals surface area contributed by atoms with Gasteiger partial charge in [-0.2, -0.15) is 0 Å². The molecule has 1 aliphatic heterocycles. The highest BCUT2D eigenvalue weighted by atomic mass is 35.5. The molecule has 2 N–H and O–H groups in total. The maximum Gasteiger partial charge on any atom is 0.330 e. The Labute approximate surface area is 162 Å². The number of hydrogen-bond acceptors (Lipinski definition) is 4. The molecule has 1 fully saturated rings. The first kappa shape index (κ1) is 20.3. The molecule has 0 aromatic heterocycles. The summed E-state index contributed by atoms with van der Waals surface area (Å²) < 4.78 is 4.70. The number of benzene rings is 1. The SMILES string of the molecule is COC(=O)C(CNC(=O)N1CCCCC1)NC(=O)c1c(Cl)cccc1Cl. The molecule has 0 saturated carbocycles. The topological polar surface area (TPSA) is 87.7 Å². The lowest BCUT2D eigenvalue weighted by Gasteiger charge is -2.27. The number of halogens is 2. The summed E-state index contributed by atoms with van der Waals surface area (Å²) in [5.74, 6) is -1.30. The van der Waals surface area contributed by atoms with Gasteiger partial charge in [-0.15, -0.1) is 0 Å². The van der Waals surface area contributed by atoms with E-state index in [4.69, 9.17) is 27.9 Å². The van der Waals surface area contributed by atoms with Crippen molar-refractivity contribution in [3.8, 4) is 0 Å². The molecule has 1 saturated heterocycles. The molecule has 26 heavy (non-hydrogen) atoms. The van der Waals surface area contributed by atoms with E-state index in [-0.39, 0.29) is 28.2 Å². The fourth-order valence-corrected chi connectivity index (χ4v) is 3.25. The quantitative estimate of drug-likeness (QED) is 0.741. The molecule has 1 unspecified atom stereocenters. The molecule has 7 nitrogen and oxygen atoms in total. The maximum absolute atomic E-state index is 12.5. The minimum absolute atomic E-state index is 0.0621. The van der Waals surface area contributed by atoms with Crippen LogP contribution in [0.15, 0.2) is 18.2 Å². The van der Waals surface area contributed by atoms with E-state index in [2.05, 4.69) is 10.6 Å². The number of nitrogens with one attached hydrogen (secondary N) is 2. The van der Waals surface area contributed by atoms with Crippen molar-refractivity contribution in [2.75, 3.05) is 26.7 Å². The summed E-state index contributed by atoms with van der Waals surface area (Å²) in [7, 11) is 1.20. The third-order valence-electron chi connectivity index (χ3n) is 4.08. The highest BCUT2D eigenvalue weighted by molar-refractivity contribution is 6.39. The van der Waals surface area contributed by atoms with Gasteiger partial charge in [-0.3, -0.25) is 4.79 Å². The highest BCUT2D eigenvalue weighted by Crippen LogP contribution is 2.24. The van der Waals surface area contributed by atoms with Crippen LogP contribution in [-0.2, 0) is 9.53 Å². The van der Waals surface area contributed by atoms with Gasteiger partial charge in [0, 0.05) is 13.1 Å². The van der Waals surface area contributed by atoms with Gasteiger partial charge in [-0.1, -0.05) is 29.3 Å². The van der Waals surface area contributed by atoms with Crippen LogP contribution in [0.5, 0.6) is 0 Å². The average Bonchev–Trinajstić information content (AvgIpc) is 2.64. The molecule has 0 radical (unpaired) electrons. The standard InChI is InChI=1S/C17H21Cl2N3O4/c1-26-16(24)13(10-20-17(25)22-8-3-2-4-9-22)21-15(23)14-11(18)6-5-7-12(14)19/h5-7,13H,2-4,8-10H2,1H3,(H,20,25)(H,21,23). The lowest BCUT2D eigenvalue weighted by Crippen LogP contribution is -2.52. The Balaban J connectivity index is 2.01. The first-order valence-corrected chi connectivity index (χ1v) is 9.05. The largest absolute Gasteiger partial charge is 0.467 e. The first-order chi connectivity index (χ1) is 12.4. The number of hydrogen-bond donors (Lipinski definition) is 2. The number of nitrogens with zero attached hydrogens (tertiary/aromatic N) is 1. The number of carbonyl (C=O) groups is 3. The molecular weight excluding hydrogens is 381 g/mol. The average molecular weight is 402 g/mol. The fourth-order valence-electron chi connectivity index (χ4n) is 2.68. The molecule has 9 heteroatoms. The predicted molar refractivity (Wildman–Crippen MR) is 98.6 cm³/mol. The van der Waals surface area contributed by atoms with E-state index in [9.17, 15) is 14.4 Å². The third kappa shape index (κ3) is 5.25. The van der Waals surface area contributed by atoms with Crippen LogP contribution in [0.1, 0.15) is 29.6 Å². The van der Waals surface area contributed by atoms with E-state index < -0.39 is 17.9 Å². The summed E-state index contributed by atoms with van der Waals surface area (Å²) in [6.07, 6.45) is 3.01. The summed E-state index contributed by atoms with van der Waals surface area (Å²) in [5, 5.41) is 5.49. The van der Waals surface area contributed by atoms with Crippen molar-refractivity contribution < 1.29 is 19.1 Å². The van der Waals surface area contributed by atoms with E-state index in [1.54, 1.807) is 11.0 Å². The van der Waals surface area contributed by atoms with Crippen LogP contribution in [0.2, 0.25) is 10.0 Å². The number of esters is 1. The van der Waals surface area contributed by atoms with Crippen LogP contribution in [-0.4, -0.2) is 55.6 Å². The van der Waals surface area contributed by atoms with E-state index >= 15 is 0 Å². The lowest BCUT2D eigenvalue weighted by molar-refractivity contribution is -0.142. The number of likely N-dealkylation sites (tertiary alicyclic amines) is 1. The molecule has 1 atom stereocenters. The van der Waals surface area contributed by atoms with Gasteiger partial charge in [-0.05, 0) is 31.4 Å². The zero-order valence-corrected chi connectivity index (χ0v) is 15.9. The van der Waals surface area contributed by atoms with Crippen LogP contribution in [0.4, 0.5) is 4.79 Å². The summed E-state index contributed by atoms with van der Waals surface area (Å²) in [6, 6.07) is 3.32. The molecule has 0 bridgehead atoms. The van der Waals surface area contributed by atoms with Gasteiger partial charge in [0.15, 0.2) is 0 Å². The van der Waals surface area contributed by atoms with Crippen LogP contribution in [0.3, 0.4) is 0 Å². The number of methoxy groups -OCH3 is 1. The number of piperidine rings is 1. The fraction of sp³-hybridized carbons (Fsp3) is 0.471. The zero-order valence-electron chi connectivity index (χ0n) is 14.4. The number of rotatable bonds is 5. The summed E-state index contributed by atoms with van der Waals surface area (Å²) in [6.45, 7) is 1.25. The van der Waals surface area contributed by atoms with Gasteiger partial charge in [-0.25, -0.2) is 9.59 Å². The van der Waals surface area contributed by atoms with Crippen molar-refractivity contribution in [1.82, 2.24) is 15.5 Å². The van der Waals surface area contributed by atoms with E-state index in [1.807, 2.05) is 0 Å². The van der Waals surface area contributed by atoms with Crippen LogP contribution >= 0.6 is 23.2 Å². The van der Waals surface area contributed by atoms with Gasteiger partial charge < -0.3 is 20.3 Å². The highest BCUT2D eigenvalue weighted by Gasteiger charge is 2.26. The molecule has 1 aromatic rings. The van der Waals surface area contributed by atoms with Crippen LogP contribution < -0.4 is 10.6 Å². The Hall–Kier alpha value is -1.99. The minimum atomic E-state index is -1.06. The van der Waals surface area contributed by atoms with E-state index in [1.165, 1.54) is 19.2 Å². The Kier molecular flexibility index (Phi) is 7.53. The molecule has 1 heterocycles. The van der Waals surface area contributed by atoms with Crippen molar-refractivity contribution in [3.05, 3.63) is 33.8 Å².